The summed E-state index contributed by atoms with van der Waals surface area (Å²) >= 11 is -3.31. The van der Waals surface area contributed by atoms with Crippen LogP contribution in [0.3, 0.4) is 0 Å². The van der Waals surface area contributed by atoms with Gasteiger partial charge in [-0.1, -0.05) is 0 Å². The fourth-order valence-corrected chi connectivity index (χ4v) is 18.4. The van der Waals surface area contributed by atoms with Crippen molar-refractivity contribution in [1.82, 2.24) is 0 Å². The van der Waals surface area contributed by atoms with Gasteiger partial charge < -0.3 is 0 Å². The second kappa shape index (κ2) is 10.5. The molecule has 8 aromatic carbocycles. The average Bonchev–Trinajstić information content (AvgIpc) is 3.42. The molecule has 1 heterocycles. The van der Waals surface area contributed by atoms with Crippen LogP contribution in [0.25, 0.3) is 54.9 Å². The molecule has 0 spiro atoms. The zero-order chi connectivity index (χ0) is 29.8. The van der Waals surface area contributed by atoms with Gasteiger partial charge in [0.25, 0.3) is 0 Å². The van der Waals surface area contributed by atoms with Crippen LogP contribution in [0.4, 0.5) is 0 Å². The Morgan fingerprint density at radius 3 is 1.07 bits per heavy atom. The molecule has 1 aliphatic rings. The van der Waals surface area contributed by atoms with Gasteiger partial charge in [-0.15, -0.1) is 0 Å². The van der Waals surface area contributed by atoms with E-state index in [0.717, 1.165) is 0 Å². The van der Waals surface area contributed by atoms with Gasteiger partial charge in [0.05, 0.1) is 0 Å². The molecule has 0 bridgehead atoms. The molecule has 0 nitrogen and oxygen atoms in total. The Morgan fingerprint density at radius 1 is 0.267 bits per heavy atom. The Labute approximate surface area is 266 Å². The predicted molar refractivity (Wildman–Crippen MR) is 195 cm³/mol. The van der Waals surface area contributed by atoms with Crippen molar-refractivity contribution in [3.05, 3.63) is 182 Å². The van der Waals surface area contributed by atoms with E-state index in [-0.39, 0.29) is 0 Å². The Morgan fingerprint density at radius 2 is 0.622 bits per heavy atom. The summed E-state index contributed by atoms with van der Waals surface area (Å²) in [6.07, 6.45) is 0. The number of rotatable bonds is 4. The van der Waals surface area contributed by atoms with Gasteiger partial charge in [-0.2, -0.15) is 0 Å². The first-order valence-electron chi connectivity index (χ1n) is 15.7. The van der Waals surface area contributed by atoms with Crippen LogP contribution in [0.5, 0.6) is 0 Å². The van der Waals surface area contributed by atoms with Crippen LogP contribution in [-0.4, -0.2) is 13.3 Å². The standard InChI is InChI=1S/C44H30Ge/c1-3-15-39(16-4-1)45(40-17-5-2-6-18-40)43-25-23-37(35-21-19-31-11-7-9-13-33(31)27-35)29-41(43)42-30-38(24-26-44(42)45)36-22-20-32-12-8-10-14-34(32)28-36/h1-30H. The van der Waals surface area contributed by atoms with Crippen LogP contribution in [0.2, 0.25) is 0 Å². The Balaban J connectivity index is 1.32. The van der Waals surface area contributed by atoms with E-state index in [4.69, 9.17) is 0 Å². The maximum absolute atomic E-state index is 3.31. The summed E-state index contributed by atoms with van der Waals surface area (Å²) in [5, 5.41) is 5.09. The third-order valence-electron chi connectivity index (χ3n) is 9.72. The Kier molecular flexibility index (Phi) is 6.11. The summed E-state index contributed by atoms with van der Waals surface area (Å²) in [7, 11) is 0. The van der Waals surface area contributed by atoms with E-state index < -0.39 is 13.3 Å². The van der Waals surface area contributed by atoms with Crippen LogP contribution < -0.4 is 17.6 Å². The SMILES string of the molecule is c1cc[c]([Ge]2([c]3ccccc3)[c]3ccc(-c4ccc5ccccc5c4)cc3-c3cc(-c4ccc5ccccc5c4)cc[c]32)cc1. The van der Waals surface area contributed by atoms with Crippen molar-refractivity contribution in [3.8, 4) is 33.4 Å². The van der Waals surface area contributed by atoms with Crippen LogP contribution >= 0.6 is 0 Å². The first kappa shape index (κ1) is 26.2. The third-order valence-corrected chi connectivity index (χ3v) is 20.0. The molecule has 0 aliphatic carbocycles. The summed E-state index contributed by atoms with van der Waals surface area (Å²) in [5.41, 5.74) is 7.81. The first-order chi connectivity index (χ1) is 22.3. The second-order valence-corrected chi connectivity index (χ2v) is 20.0. The van der Waals surface area contributed by atoms with Gasteiger partial charge >= 0.3 is 268 Å². The van der Waals surface area contributed by atoms with E-state index in [0.29, 0.717) is 0 Å². The van der Waals surface area contributed by atoms with E-state index in [1.807, 2.05) is 0 Å². The molecule has 0 radical (unpaired) electrons. The minimum atomic E-state index is -3.31. The quantitative estimate of drug-likeness (QED) is 0.171. The second-order valence-electron chi connectivity index (χ2n) is 12.1. The Hall–Kier alpha value is -5.18. The first-order valence-corrected chi connectivity index (χ1v) is 19.9. The van der Waals surface area contributed by atoms with Crippen LogP contribution in [0, 0.1) is 0 Å². The topological polar surface area (TPSA) is 0 Å². The average molecular weight is 631 g/mol. The minimum absolute atomic E-state index is 1.26. The van der Waals surface area contributed by atoms with E-state index >= 15 is 0 Å². The molecular formula is C44H30Ge. The van der Waals surface area contributed by atoms with Crippen molar-refractivity contribution in [2.75, 3.05) is 0 Å². The number of hydrogen-bond acceptors (Lipinski definition) is 0. The third kappa shape index (κ3) is 4.14. The molecule has 9 rings (SSSR count). The van der Waals surface area contributed by atoms with E-state index in [2.05, 4.69) is 182 Å². The van der Waals surface area contributed by atoms with Crippen LogP contribution in [0.15, 0.2) is 182 Å². The van der Waals surface area contributed by atoms with Gasteiger partial charge in [-0.25, -0.2) is 0 Å². The molecular weight excluding hydrogens is 601 g/mol. The molecule has 0 atom stereocenters. The molecule has 45 heavy (non-hydrogen) atoms. The zero-order valence-electron chi connectivity index (χ0n) is 24.8. The van der Waals surface area contributed by atoms with E-state index in [1.165, 1.54) is 72.5 Å². The van der Waals surface area contributed by atoms with Gasteiger partial charge in [0.15, 0.2) is 0 Å². The summed E-state index contributed by atoms with van der Waals surface area (Å²) in [6, 6.07) is 68.3. The summed E-state index contributed by atoms with van der Waals surface area (Å²) in [4.78, 5) is 0. The molecule has 0 N–H and O–H groups in total. The molecule has 0 amide bonds. The normalized spacial score (nSPS) is 13.1. The summed E-state index contributed by atoms with van der Waals surface area (Å²) < 4.78 is 5.98. The van der Waals surface area contributed by atoms with Crippen molar-refractivity contribution < 1.29 is 0 Å². The van der Waals surface area contributed by atoms with Crippen molar-refractivity contribution in [2.45, 2.75) is 0 Å². The van der Waals surface area contributed by atoms with Gasteiger partial charge in [0, 0.05) is 0 Å². The summed E-state index contributed by atoms with van der Waals surface area (Å²) in [6.45, 7) is 0. The molecule has 210 valence electrons. The Bertz CT molecular complexity index is 2200. The van der Waals surface area contributed by atoms with Crippen molar-refractivity contribution in [3.63, 3.8) is 0 Å². The number of fused-ring (bicyclic) bond motifs is 5. The van der Waals surface area contributed by atoms with Crippen molar-refractivity contribution in [2.24, 2.45) is 0 Å². The molecule has 0 unspecified atom stereocenters. The van der Waals surface area contributed by atoms with E-state index in [1.54, 1.807) is 0 Å². The maximum atomic E-state index is 2.47. The fourth-order valence-electron chi connectivity index (χ4n) is 7.60. The van der Waals surface area contributed by atoms with Gasteiger partial charge in [-0.3, -0.25) is 0 Å². The van der Waals surface area contributed by atoms with Crippen molar-refractivity contribution >= 4 is 52.4 Å². The number of hydrogen-bond donors (Lipinski definition) is 0. The van der Waals surface area contributed by atoms with E-state index in [9.17, 15) is 0 Å². The van der Waals surface area contributed by atoms with Crippen molar-refractivity contribution in [1.29, 1.82) is 0 Å². The molecule has 0 aromatic heterocycles. The van der Waals surface area contributed by atoms with Crippen LogP contribution in [0.1, 0.15) is 0 Å². The summed E-state index contributed by atoms with van der Waals surface area (Å²) in [5.74, 6) is 0. The van der Waals surface area contributed by atoms with Gasteiger partial charge in [0.1, 0.15) is 0 Å². The fraction of sp³-hybridized carbons (Fsp3) is 0. The predicted octanol–water partition coefficient (Wildman–Crippen LogP) is 8.68. The molecule has 8 aromatic rings. The monoisotopic (exact) mass is 632 g/mol. The molecule has 1 heteroatoms. The number of benzene rings is 8. The molecule has 0 saturated carbocycles. The van der Waals surface area contributed by atoms with Gasteiger partial charge in [-0.05, 0) is 0 Å². The molecule has 0 fully saturated rings. The van der Waals surface area contributed by atoms with Gasteiger partial charge in [0.2, 0.25) is 0 Å². The van der Waals surface area contributed by atoms with Crippen LogP contribution in [-0.2, 0) is 0 Å². The molecule has 1 aliphatic heterocycles. The molecule has 0 saturated heterocycles. The zero-order valence-corrected chi connectivity index (χ0v) is 26.9.